The number of hydrogen-bond acceptors (Lipinski definition) is 4. The number of amides is 2. The van der Waals surface area contributed by atoms with Gasteiger partial charge in [0.1, 0.15) is 5.75 Å². The largest absolute Gasteiger partial charge is 0.494 e. The quantitative estimate of drug-likeness (QED) is 0.800. The third-order valence-corrected chi connectivity index (χ3v) is 5.03. The van der Waals surface area contributed by atoms with Crippen molar-refractivity contribution in [1.29, 1.82) is 0 Å². The van der Waals surface area contributed by atoms with Gasteiger partial charge in [-0.3, -0.25) is 14.6 Å². The minimum Gasteiger partial charge on any atom is -0.494 e. The van der Waals surface area contributed by atoms with Crippen LogP contribution in [0.25, 0.3) is 0 Å². The lowest BCUT2D eigenvalue weighted by molar-refractivity contribution is -0.131. The van der Waals surface area contributed by atoms with E-state index in [1.54, 1.807) is 24.5 Å². The highest BCUT2D eigenvalue weighted by atomic mass is 16.5. The maximum Gasteiger partial charge on any atom is 0.252 e. The number of pyridine rings is 1. The van der Waals surface area contributed by atoms with Crippen LogP contribution in [0.15, 0.2) is 48.8 Å². The average Bonchev–Trinajstić information content (AvgIpc) is 2.74. The molecule has 1 N–H and O–H groups in total. The van der Waals surface area contributed by atoms with Gasteiger partial charge in [0.05, 0.1) is 18.6 Å². The number of aromatic nitrogens is 1. The molecule has 6 nitrogen and oxygen atoms in total. The summed E-state index contributed by atoms with van der Waals surface area (Å²) >= 11 is 0. The number of piperidine rings is 1. The summed E-state index contributed by atoms with van der Waals surface area (Å²) in [4.78, 5) is 30.6. The molecule has 0 bridgehead atoms. The molecular formula is C22H27N3O3. The highest BCUT2D eigenvalue weighted by Crippen LogP contribution is 2.18. The van der Waals surface area contributed by atoms with Crippen LogP contribution in [-0.4, -0.2) is 47.9 Å². The third-order valence-electron chi connectivity index (χ3n) is 5.03. The number of nitrogens with zero attached hydrogens (tertiary/aromatic N) is 2. The van der Waals surface area contributed by atoms with Gasteiger partial charge in [-0.05, 0) is 55.5 Å². The molecule has 1 fully saturated rings. The summed E-state index contributed by atoms with van der Waals surface area (Å²) in [7, 11) is 0. The van der Waals surface area contributed by atoms with Gasteiger partial charge >= 0.3 is 0 Å². The number of nitrogens with one attached hydrogen (secondary N) is 1. The van der Waals surface area contributed by atoms with Crippen LogP contribution >= 0.6 is 0 Å². The van der Waals surface area contributed by atoms with E-state index in [1.807, 2.05) is 36.1 Å². The zero-order chi connectivity index (χ0) is 19.8. The van der Waals surface area contributed by atoms with Crippen molar-refractivity contribution in [2.45, 2.75) is 26.2 Å². The molecule has 6 heteroatoms. The van der Waals surface area contributed by atoms with Crippen LogP contribution in [0.4, 0.5) is 0 Å². The molecule has 0 atom stereocenters. The van der Waals surface area contributed by atoms with Gasteiger partial charge in [0.2, 0.25) is 5.91 Å². The molecule has 148 valence electrons. The highest BCUT2D eigenvalue weighted by molar-refractivity contribution is 5.93. The van der Waals surface area contributed by atoms with Crippen molar-refractivity contribution in [2.24, 2.45) is 5.92 Å². The third kappa shape index (κ3) is 5.55. The maximum atomic E-state index is 12.6. The monoisotopic (exact) mass is 381 g/mol. The summed E-state index contributed by atoms with van der Waals surface area (Å²) in [5.41, 5.74) is 1.57. The van der Waals surface area contributed by atoms with Crippen molar-refractivity contribution in [3.63, 3.8) is 0 Å². The van der Waals surface area contributed by atoms with Crippen LogP contribution in [0, 0.1) is 5.92 Å². The number of carbonyl (C=O) groups excluding carboxylic acids is 2. The molecule has 1 aliphatic rings. The fourth-order valence-corrected chi connectivity index (χ4v) is 3.38. The molecule has 0 aliphatic carbocycles. The first-order valence-corrected chi connectivity index (χ1v) is 9.83. The van der Waals surface area contributed by atoms with Crippen molar-refractivity contribution in [1.82, 2.24) is 15.2 Å². The van der Waals surface area contributed by atoms with E-state index in [2.05, 4.69) is 10.3 Å². The van der Waals surface area contributed by atoms with Gasteiger partial charge in [-0.1, -0.05) is 12.1 Å². The van der Waals surface area contributed by atoms with E-state index in [1.165, 1.54) is 0 Å². The molecule has 2 amide bonds. The number of benzene rings is 1. The standard InChI is InChI=1S/C22H27N3O3/c1-2-28-20-7-5-17(6-8-20)14-21(26)25-12-9-18(10-13-25)15-24-22(27)19-4-3-11-23-16-19/h3-8,11,16,18H,2,9-10,12-15H2,1H3,(H,24,27). The van der Waals surface area contributed by atoms with Crippen molar-refractivity contribution in [3.8, 4) is 5.75 Å². The van der Waals surface area contributed by atoms with Crippen LogP contribution in [0.5, 0.6) is 5.75 Å². The SMILES string of the molecule is CCOc1ccc(CC(=O)N2CCC(CNC(=O)c3cccnc3)CC2)cc1. The Hall–Kier alpha value is -2.89. The molecule has 0 spiro atoms. The normalized spacial score (nSPS) is 14.5. The summed E-state index contributed by atoms with van der Waals surface area (Å²) in [6.45, 7) is 4.70. The fourth-order valence-electron chi connectivity index (χ4n) is 3.38. The first-order chi connectivity index (χ1) is 13.7. The Morgan fingerprint density at radius 1 is 1.18 bits per heavy atom. The number of likely N-dealkylation sites (tertiary alicyclic amines) is 1. The molecular weight excluding hydrogens is 354 g/mol. The van der Waals surface area contributed by atoms with Gasteiger partial charge < -0.3 is 15.0 Å². The Morgan fingerprint density at radius 2 is 1.93 bits per heavy atom. The van der Waals surface area contributed by atoms with E-state index in [-0.39, 0.29) is 11.8 Å². The molecule has 1 aliphatic heterocycles. The lowest BCUT2D eigenvalue weighted by atomic mass is 9.96. The molecule has 2 aromatic rings. The number of hydrogen-bond donors (Lipinski definition) is 1. The zero-order valence-electron chi connectivity index (χ0n) is 16.3. The molecule has 0 saturated carbocycles. The minimum atomic E-state index is -0.0953. The second-order valence-corrected chi connectivity index (χ2v) is 7.03. The first-order valence-electron chi connectivity index (χ1n) is 9.83. The van der Waals surface area contributed by atoms with Crippen LogP contribution in [0.1, 0.15) is 35.7 Å². The second kappa shape index (κ2) is 9.88. The van der Waals surface area contributed by atoms with E-state index < -0.39 is 0 Å². The summed E-state index contributed by atoms with van der Waals surface area (Å²) < 4.78 is 5.43. The van der Waals surface area contributed by atoms with E-state index in [0.29, 0.717) is 31.1 Å². The van der Waals surface area contributed by atoms with E-state index in [4.69, 9.17) is 4.74 Å². The average molecular weight is 381 g/mol. The first kappa shape index (κ1) is 19.9. The van der Waals surface area contributed by atoms with Crippen molar-refractivity contribution < 1.29 is 14.3 Å². The maximum absolute atomic E-state index is 12.6. The Balaban J connectivity index is 1.40. The van der Waals surface area contributed by atoms with Crippen molar-refractivity contribution in [3.05, 3.63) is 59.9 Å². The number of ether oxygens (including phenoxy) is 1. The Bertz CT molecular complexity index is 769. The van der Waals surface area contributed by atoms with Gasteiger partial charge in [0.15, 0.2) is 0 Å². The van der Waals surface area contributed by atoms with E-state index in [9.17, 15) is 9.59 Å². The minimum absolute atomic E-state index is 0.0953. The zero-order valence-corrected chi connectivity index (χ0v) is 16.3. The smallest absolute Gasteiger partial charge is 0.252 e. The van der Waals surface area contributed by atoms with Crippen LogP contribution < -0.4 is 10.1 Å². The summed E-state index contributed by atoms with van der Waals surface area (Å²) in [6, 6.07) is 11.2. The predicted octanol–water partition coefficient (Wildman–Crippen LogP) is 2.69. The Labute approximate surface area is 165 Å². The molecule has 1 aromatic heterocycles. The lowest BCUT2D eigenvalue weighted by Crippen LogP contribution is -2.42. The molecule has 1 saturated heterocycles. The summed E-state index contributed by atoms with van der Waals surface area (Å²) in [5.74, 6) is 1.28. The van der Waals surface area contributed by atoms with Crippen molar-refractivity contribution >= 4 is 11.8 Å². The molecule has 28 heavy (non-hydrogen) atoms. The van der Waals surface area contributed by atoms with Crippen LogP contribution in [0.3, 0.4) is 0 Å². The molecule has 2 heterocycles. The molecule has 0 radical (unpaired) electrons. The van der Waals surface area contributed by atoms with E-state index in [0.717, 1.165) is 37.2 Å². The number of carbonyl (C=O) groups is 2. The topological polar surface area (TPSA) is 71.5 Å². The van der Waals surface area contributed by atoms with Gasteiger partial charge in [0, 0.05) is 32.0 Å². The van der Waals surface area contributed by atoms with Gasteiger partial charge in [-0.2, -0.15) is 0 Å². The fraction of sp³-hybridized carbons (Fsp3) is 0.409. The van der Waals surface area contributed by atoms with Crippen LogP contribution in [0.2, 0.25) is 0 Å². The second-order valence-electron chi connectivity index (χ2n) is 7.03. The number of rotatable bonds is 7. The van der Waals surface area contributed by atoms with Crippen LogP contribution in [-0.2, 0) is 11.2 Å². The van der Waals surface area contributed by atoms with Crippen molar-refractivity contribution in [2.75, 3.05) is 26.2 Å². The van der Waals surface area contributed by atoms with E-state index >= 15 is 0 Å². The molecule has 1 aromatic carbocycles. The van der Waals surface area contributed by atoms with Gasteiger partial charge in [-0.15, -0.1) is 0 Å². The highest BCUT2D eigenvalue weighted by Gasteiger charge is 2.23. The molecule has 0 unspecified atom stereocenters. The molecule has 3 rings (SSSR count). The lowest BCUT2D eigenvalue weighted by Gasteiger charge is -2.32. The van der Waals surface area contributed by atoms with Gasteiger partial charge in [-0.25, -0.2) is 0 Å². The Morgan fingerprint density at radius 3 is 2.57 bits per heavy atom. The summed E-state index contributed by atoms with van der Waals surface area (Å²) in [6.07, 6.45) is 5.44. The predicted molar refractivity (Wildman–Crippen MR) is 107 cm³/mol. The Kier molecular flexibility index (Phi) is 7.00. The summed E-state index contributed by atoms with van der Waals surface area (Å²) in [5, 5.41) is 2.97. The van der Waals surface area contributed by atoms with Gasteiger partial charge in [0.25, 0.3) is 5.91 Å².